The second kappa shape index (κ2) is 60.4. The minimum absolute atomic E-state index is 0. The van der Waals surface area contributed by atoms with Crippen molar-refractivity contribution >= 4 is 0 Å². The number of rotatable bonds is 9. The molecule has 0 aromatic heterocycles. The van der Waals surface area contributed by atoms with Gasteiger partial charge in [-0.25, -0.2) is 0 Å². The van der Waals surface area contributed by atoms with Crippen LogP contribution in [0.1, 0.15) is 0 Å². The van der Waals surface area contributed by atoms with E-state index >= 15 is 0 Å². The summed E-state index contributed by atoms with van der Waals surface area (Å²) in [6, 6.07) is 0. The van der Waals surface area contributed by atoms with Crippen molar-refractivity contribution in [2.45, 2.75) is 0 Å². The Morgan fingerprint density at radius 2 is 0.324 bits per heavy atom. The largest absolute Gasteiger partial charge is 3.00 e. The first-order valence-corrected chi connectivity index (χ1v) is 8.76. The van der Waals surface area contributed by atoms with Gasteiger partial charge in [0.05, 0.1) is 0 Å². The molecular weight excluding hydrogens is 537 g/mol. The van der Waals surface area contributed by atoms with Gasteiger partial charge in [-0.3, -0.25) is 0 Å². The van der Waals surface area contributed by atoms with Gasteiger partial charge in [0.25, 0.3) is 0 Å². The Balaban J connectivity index is -0.0000000154. The van der Waals surface area contributed by atoms with Crippen LogP contribution in [0.4, 0.5) is 0 Å². The van der Waals surface area contributed by atoms with Gasteiger partial charge in [-0.05, 0) is 84.6 Å². The Morgan fingerprint density at radius 3 is 0.353 bits per heavy atom. The molecule has 1 radical (unpaired) electrons. The van der Waals surface area contributed by atoms with E-state index in [2.05, 4.69) is 114 Å². The molecule has 0 aromatic rings. The average Bonchev–Trinajstić information content (AvgIpc) is 2.42. The Morgan fingerprint density at radius 1 is 0.265 bits per heavy atom. The zero-order chi connectivity index (χ0) is 19.7. The van der Waals surface area contributed by atoms with Crippen LogP contribution in [0.25, 0.3) is 0 Å². The van der Waals surface area contributed by atoms with Gasteiger partial charge in [-0.2, -0.15) is 0 Å². The predicted octanol–water partition coefficient (Wildman–Crippen LogP) is -5.96. The third kappa shape index (κ3) is 125. The van der Waals surface area contributed by atoms with E-state index in [0.29, 0.717) is 0 Å². The smallest absolute Gasteiger partial charge is 0.358 e. The van der Waals surface area contributed by atoms with Crippen LogP contribution in [0.3, 0.4) is 0 Å². The van der Waals surface area contributed by atoms with Gasteiger partial charge in [0.15, 0.2) is 0 Å². The molecule has 6 nitrogen and oxygen atoms in total. The summed E-state index contributed by atoms with van der Waals surface area (Å²) in [5.41, 5.74) is 0. The third-order valence-corrected chi connectivity index (χ3v) is 2.98. The number of likely N-dealkylation sites (N-methyl/N-ethyl adjacent to an activating group) is 6. The summed E-state index contributed by atoms with van der Waals surface area (Å²) in [4.78, 5) is 13.1. The third-order valence-electron chi connectivity index (χ3n) is 2.98. The first kappa shape index (κ1) is 83.3. The van der Waals surface area contributed by atoms with E-state index in [9.17, 15) is 0 Å². The van der Waals surface area contributed by atoms with Gasteiger partial charge in [0.1, 0.15) is 0 Å². The standard InChI is InChI=1S/3C6H16N2.6CH3.3Li.Nd/c3*1-7(2)5-6-8(3)4;;;;;;;;;;/h3*5-6H2,1-4H3;6*1H3;;;;/q;;;6*-1;3*+1;+3. The van der Waals surface area contributed by atoms with E-state index in [1.807, 2.05) is 0 Å². The van der Waals surface area contributed by atoms with Crippen molar-refractivity contribution in [3.05, 3.63) is 44.6 Å². The molecule has 0 spiro atoms. The van der Waals surface area contributed by atoms with Gasteiger partial charge in [-0.15, -0.1) is 0 Å². The average molecular weight is 604 g/mol. The molecular formula is C24H66Li3N6Nd. The number of hydrogen-bond acceptors (Lipinski definition) is 6. The van der Waals surface area contributed by atoms with Crippen LogP contribution >= 0.6 is 0 Å². The van der Waals surface area contributed by atoms with E-state index < -0.39 is 0 Å². The minimum Gasteiger partial charge on any atom is -0.358 e. The molecule has 0 aliphatic heterocycles. The fourth-order valence-corrected chi connectivity index (χ4v) is 1.20. The number of hydrogen-bond donors (Lipinski definition) is 0. The molecule has 0 amide bonds. The summed E-state index contributed by atoms with van der Waals surface area (Å²) in [6.07, 6.45) is 0. The first-order valence-electron chi connectivity index (χ1n) is 8.76. The van der Waals surface area contributed by atoms with Crippen molar-refractivity contribution in [1.29, 1.82) is 0 Å². The zero-order valence-electron chi connectivity index (χ0n) is 28.4. The molecule has 0 N–H and O–H groups in total. The predicted molar refractivity (Wildman–Crippen MR) is 150 cm³/mol. The maximum Gasteiger partial charge on any atom is 3.00 e. The quantitative estimate of drug-likeness (QED) is 0.192. The Kier molecular flexibility index (Phi) is 148. The molecule has 0 rings (SSSR count). The molecule has 0 aliphatic carbocycles. The van der Waals surface area contributed by atoms with E-state index in [-0.39, 0.29) is 142 Å². The second-order valence-corrected chi connectivity index (χ2v) is 7.82. The summed E-state index contributed by atoms with van der Waals surface area (Å²) in [5.74, 6) is 0. The molecule has 0 bridgehead atoms. The summed E-state index contributed by atoms with van der Waals surface area (Å²) < 4.78 is 0. The van der Waals surface area contributed by atoms with Crippen molar-refractivity contribution in [2.75, 3.05) is 124 Å². The van der Waals surface area contributed by atoms with E-state index in [0.717, 1.165) is 39.3 Å². The molecule has 0 aromatic carbocycles. The van der Waals surface area contributed by atoms with Gasteiger partial charge in [-0.1, -0.05) is 0 Å². The van der Waals surface area contributed by atoms with Crippen molar-refractivity contribution in [3.8, 4) is 0 Å². The molecule has 10 heteroatoms. The second-order valence-electron chi connectivity index (χ2n) is 7.82. The SMILES string of the molecule is CN(C)CCN(C)C.CN(C)CCN(C)C.CN(C)CCN(C)C.[CH3-].[CH3-].[CH3-].[CH3-].[CH3-].[CH3-].[Li+].[Li+].[Li+].[Nd+3]. The van der Waals surface area contributed by atoms with Gasteiger partial charge in [0.2, 0.25) is 0 Å². The fourth-order valence-electron chi connectivity index (χ4n) is 1.20. The first-order chi connectivity index (χ1) is 10.9. The van der Waals surface area contributed by atoms with Crippen LogP contribution in [0.5, 0.6) is 0 Å². The maximum atomic E-state index is 2.18. The van der Waals surface area contributed by atoms with Crippen LogP contribution in [0.2, 0.25) is 0 Å². The van der Waals surface area contributed by atoms with E-state index in [1.54, 1.807) is 0 Å². The molecule has 0 aliphatic rings. The van der Waals surface area contributed by atoms with Crippen molar-refractivity contribution in [2.24, 2.45) is 0 Å². The minimum atomic E-state index is 0. The molecule has 0 fully saturated rings. The van der Waals surface area contributed by atoms with Crippen molar-refractivity contribution in [3.63, 3.8) is 0 Å². The summed E-state index contributed by atoms with van der Waals surface area (Å²) in [7, 11) is 25.0. The molecule has 0 unspecified atom stereocenters. The van der Waals surface area contributed by atoms with E-state index in [1.165, 1.54) is 0 Å². The maximum absolute atomic E-state index is 2.18. The molecule has 199 valence electrons. The Labute approximate surface area is 292 Å². The van der Waals surface area contributed by atoms with Crippen molar-refractivity contribution in [1.82, 2.24) is 29.4 Å². The fraction of sp³-hybridized carbons (Fsp3) is 0.750. The van der Waals surface area contributed by atoms with Gasteiger partial charge < -0.3 is 74.0 Å². The zero-order valence-corrected chi connectivity index (χ0v) is 31.6. The summed E-state index contributed by atoms with van der Waals surface area (Å²) in [6.45, 7) is 6.88. The van der Waals surface area contributed by atoms with Crippen LogP contribution in [-0.2, 0) is 0 Å². The topological polar surface area (TPSA) is 19.4 Å². The van der Waals surface area contributed by atoms with Gasteiger partial charge >= 0.3 is 97.4 Å². The molecule has 0 atom stereocenters. The normalized spacial score (nSPS) is 7.94. The van der Waals surface area contributed by atoms with Crippen LogP contribution in [-0.4, -0.2) is 153 Å². The molecule has 0 heterocycles. The monoisotopic (exact) mass is 601 g/mol. The Hall–Kier alpha value is 2.90. The van der Waals surface area contributed by atoms with Crippen molar-refractivity contribution < 1.29 is 97.4 Å². The summed E-state index contributed by atoms with van der Waals surface area (Å²) in [5, 5.41) is 0. The molecule has 34 heavy (non-hydrogen) atoms. The van der Waals surface area contributed by atoms with Crippen LogP contribution < -0.4 is 56.6 Å². The van der Waals surface area contributed by atoms with Crippen LogP contribution in [0.15, 0.2) is 0 Å². The Bertz CT molecular complexity index is 189. The van der Waals surface area contributed by atoms with Gasteiger partial charge in [0, 0.05) is 39.3 Å². The molecule has 0 saturated heterocycles. The summed E-state index contributed by atoms with van der Waals surface area (Å²) >= 11 is 0. The number of nitrogens with zero attached hydrogens (tertiary/aromatic N) is 6. The van der Waals surface area contributed by atoms with Crippen LogP contribution in [0, 0.1) is 85.4 Å². The molecule has 0 saturated carbocycles. The van der Waals surface area contributed by atoms with E-state index in [4.69, 9.17) is 0 Å².